The standard InChI is InChI=1S/C19H34N2O2S3/c1-3-4-5-6-7-8-9-10-11-12-15-26-18(24)21(25)19(2,16-20)14-13-17(22)23/h25H,3-15H2,1-2H3,(H,22,23). The van der Waals surface area contributed by atoms with Gasteiger partial charge in [-0.15, -0.1) is 0 Å². The molecule has 26 heavy (non-hydrogen) atoms. The van der Waals surface area contributed by atoms with E-state index in [-0.39, 0.29) is 12.8 Å². The Labute approximate surface area is 174 Å². The van der Waals surface area contributed by atoms with Crippen LogP contribution in [0.2, 0.25) is 0 Å². The molecule has 0 amide bonds. The fourth-order valence-electron chi connectivity index (χ4n) is 2.57. The van der Waals surface area contributed by atoms with E-state index < -0.39 is 11.5 Å². The molecule has 0 saturated carbocycles. The fourth-order valence-corrected chi connectivity index (χ4v) is 4.19. The first-order valence-electron chi connectivity index (χ1n) is 9.66. The molecular weight excluding hydrogens is 384 g/mol. The maximum Gasteiger partial charge on any atom is 0.303 e. The highest BCUT2D eigenvalue weighted by Gasteiger charge is 2.32. The summed E-state index contributed by atoms with van der Waals surface area (Å²) in [6.07, 6.45) is 13.1. The van der Waals surface area contributed by atoms with Crippen molar-refractivity contribution in [3.63, 3.8) is 0 Å². The molecule has 0 fully saturated rings. The molecule has 0 rings (SSSR count). The van der Waals surface area contributed by atoms with E-state index >= 15 is 0 Å². The van der Waals surface area contributed by atoms with Crippen molar-refractivity contribution in [1.82, 2.24) is 4.31 Å². The third-order valence-corrected chi connectivity index (χ3v) is 6.80. The molecule has 0 heterocycles. The monoisotopic (exact) mass is 418 g/mol. The second-order valence-corrected chi connectivity index (χ2v) is 9.02. The first-order chi connectivity index (χ1) is 12.4. The van der Waals surface area contributed by atoms with Crippen LogP contribution in [-0.2, 0) is 4.79 Å². The highest BCUT2D eigenvalue weighted by Crippen LogP contribution is 2.27. The Kier molecular flexibility index (Phi) is 15.3. The van der Waals surface area contributed by atoms with Gasteiger partial charge < -0.3 is 5.11 Å². The highest BCUT2D eigenvalue weighted by atomic mass is 32.2. The molecule has 0 aliphatic heterocycles. The zero-order chi connectivity index (χ0) is 19.8. The van der Waals surface area contributed by atoms with Crippen LogP contribution in [-0.4, -0.2) is 31.0 Å². The minimum Gasteiger partial charge on any atom is -0.481 e. The van der Waals surface area contributed by atoms with E-state index in [9.17, 15) is 10.1 Å². The Morgan fingerprint density at radius 2 is 1.65 bits per heavy atom. The van der Waals surface area contributed by atoms with Crippen LogP contribution in [0.25, 0.3) is 0 Å². The number of unbranched alkanes of at least 4 members (excludes halogenated alkanes) is 9. The third-order valence-electron chi connectivity index (χ3n) is 4.43. The molecule has 0 aliphatic carbocycles. The van der Waals surface area contributed by atoms with Crippen molar-refractivity contribution >= 4 is 47.1 Å². The number of nitriles is 1. The average molecular weight is 419 g/mol. The van der Waals surface area contributed by atoms with Gasteiger partial charge in [0.1, 0.15) is 9.86 Å². The number of thiol groups is 1. The summed E-state index contributed by atoms with van der Waals surface area (Å²) >= 11 is 11.2. The third kappa shape index (κ3) is 12.0. The van der Waals surface area contributed by atoms with Crippen molar-refractivity contribution in [2.24, 2.45) is 0 Å². The van der Waals surface area contributed by atoms with Crippen molar-refractivity contribution in [3.8, 4) is 6.07 Å². The molecule has 0 spiro atoms. The van der Waals surface area contributed by atoms with Crippen LogP contribution in [0.15, 0.2) is 0 Å². The lowest BCUT2D eigenvalue weighted by Gasteiger charge is -2.32. The summed E-state index contributed by atoms with van der Waals surface area (Å²) < 4.78 is 1.99. The Hall–Kier alpha value is -0.450. The summed E-state index contributed by atoms with van der Waals surface area (Å²) in [7, 11) is 0. The van der Waals surface area contributed by atoms with Gasteiger partial charge in [-0.2, -0.15) is 5.26 Å². The number of rotatable bonds is 15. The van der Waals surface area contributed by atoms with Crippen molar-refractivity contribution in [1.29, 1.82) is 5.26 Å². The zero-order valence-corrected chi connectivity index (χ0v) is 18.7. The van der Waals surface area contributed by atoms with Crippen molar-refractivity contribution < 1.29 is 9.90 Å². The topological polar surface area (TPSA) is 64.3 Å². The van der Waals surface area contributed by atoms with Crippen LogP contribution >= 0.6 is 36.8 Å². The molecule has 1 atom stereocenters. The second kappa shape index (κ2) is 15.6. The molecule has 7 heteroatoms. The van der Waals surface area contributed by atoms with Gasteiger partial charge in [0.2, 0.25) is 0 Å². The van der Waals surface area contributed by atoms with Gasteiger partial charge in [-0.05, 0) is 19.8 Å². The van der Waals surface area contributed by atoms with Crippen molar-refractivity contribution in [3.05, 3.63) is 0 Å². The Bertz CT molecular complexity index is 455. The molecule has 0 radical (unpaired) electrons. The van der Waals surface area contributed by atoms with E-state index in [1.807, 2.05) is 0 Å². The summed E-state index contributed by atoms with van der Waals surface area (Å²) in [6.45, 7) is 3.92. The zero-order valence-electron chi connectivity index (χ0n) is 16.2. The van der Waals surface area contributed by atoms with Crippen LogP contribution < -0.4 is 0 Å². The van der Waals surface area contributed by atoms with Gasteiger partial charge in [0, 0.05) is 12.2 Å². The van der Waals surface area contributed by atoms with E-state index in [2.05, 4.69) is 25.8 Å². The maximum atomic E-state index is 10.7. The second-order valence-electron chi connectivity index (χ2n) is 6.89. The molecule has 0 aromatic carbocycles. The number of carboxylic acid groups (broad SMARTS) is 1. The summed E-state index contributed by atoms with van der Waals surface area (Å²) in [5.74, 6) is -0.00976. The van der Waals surface area contributed by atoms with E-state index in [1.54, 1.807) is 6.92 Å². The lowest BCUT2D eigenvalue weighted by Crippen LogP contribution is -2.41. The number of nitrogens with zero attached hydrogens (tertiary/aromatic N) is 2. The predicted octanol–water partition coefficient (Wildman–Crippen LogP) is 6.22. The Balaban J connectivity index is 3.83. The normalized spacial score (nSPS) is 13.0. The summed E-state index contributed by atoms with van der Waals surface area (Å²) in [4.78, 5) is 10.7. The maximum absolute atomic E-state index is 10.7. The van der Waals surface area contributed by atoms with Crippen LogP contribution in [0, 0.1) is 11.3 Å². The smallest absolute Gasteiger partial charge is 0.303 e. The van der Waals surface area contributed by atoms with Gasteiger partial charge >= 0.3 is 5.97 Å². The molecule has 0 aliphatic rings. The summed E-state index contributed by atoms with van der Waals surface area (Å²) in [5, 5.41) is 18.2. The number of hydrogen-bond acceptors (Lipinski definition) is 5. The predicted molar refractivity (Wildman–Crippen MR) is 119 cm³/mol. The van der Waals surface area contributed by atoms with Crippen LogP contribution in [0.3, 0.4) is 0 Å². The molecular formula is C19H34N2O2S3. The number of carboxylic acids is 1. The number of thiocarbonyl (C=S) groups is 1. The highest BCUT2D eigenvalue weighted by molar-refractivity contribution is 8.23. The van der Waals surface area contributed by atoms with E-state index in [1.165, 1.54) is 73.9 Å². The van der Waals surface area contributed by atoms with Gasteiger partial charge in [0.25, 0.3) is 0 Å². The molecule has 4 nitrogen and oxygen atoms in total. The molecule has 1 unspecified atom stereocenters. The number of carbonyl (C=O) groups is 1. The van der Waals surface area contributed by atoms with E-state index in [4.69, 9.17) is 17.3 Å². The van der Waals surface area contributed by atoms with E-state index in [0.29, 0.717) is 4.32 Å². The number of hydrogen-bond donors (Lipinski definition) is 2. The molecule has 150 valence electrons. The van der Waals surface area contributed by atoms with Gasteiger partial charge in [-0.25, -0.2) is 0 Å². The average Bonchev–Trinajstić information content (AvgIpc) is 2.63. The van der Waals surface area contributed by atoms with Gasteiger partial charge in [-0.3, -0.25) is 9.10 Å². The quantitative estimate of drug-likeness (QED) is 0.187. The molecule has 0 bridgehead atoms. The SMILES string of the molecule is CCCCCCCCCCCCSC(=S)N(S)C(C)(C#N)CCC(=O)O. The number of aliphatic carboxylic acids is 1. The minimum atomic E-state index is -0.997. The largest absolute Gasteiger partial charge is 0.481 e. The molecule has 0 aromatic heterocycles. The van der Waals surface area contributed by atoms with Crippen molar-refractivity contribution in [2.45, 2.75) is 96.4 Å². The molecule has 0 saturated heterocycles. The van der Waals surface area contributed by atoms with Crippen LogP contribution in [0.4, 0.5) is 0 Å². The van der Waals surface area contributed by atoms with E-state index in [0.717, 1.165) is 12.2 Å². The van der Waals surface area contributed by atoms with Crippen molar-refractivity contribution in [2.75, 3.05) is 5.75 Å². The van der Waals surface area contributed by atoms with Crippen LogP contribution in [0.5, 0.6) is 0 Å². The first kappa shape index (κ1) is 25.6. The summed E-state index contributed by atoms with van der Waals surface area (Å²) in [5.41, 5.74) is -0.997. The molecule has 1 N–H and O–H groups in total. The minimum absolute atomic E-state index is 0.0765. The lowest BCUT2D eigenvalue weighted by molar-refractivity contribution is -0.137. The first-order valence-corrected chi connectivity index (χ1v) is 11.5. The Morgan fingerprint density at radius 3 is 2.12 bits per heavy atom. The van der Waals surface area contributed by atoms with Gasteiger partial charge in [0.05, 0.1) is 6.07 Å². The fraction of sp³-hybridized carbons (Fsp3) is 0.842. The van der Waals surface area contributed by atoms with Crippen LogP contribution in [0.1, 0.15) is 90.9 Å². The number of thioether (sulfide) groups is 1. The lowest BCUT2D eigenvalue weighted by atomic mass is 9.98. The summed E-state index contributed by atoms with van der Waals surface area (Å²) in [6, 6.07) is 2.14. The van der Waals surface area contributed by atoms with Gasteiger partial charge in [0.15, 0.2) is 0 Å². The Morgan fingerprint density at radius 1 is 1.15 bits per heavy atom. The molecule has 0 aromatic rings. The van der Waals surface area contributed by atoms with Gasteiger partial charge in [-0.1, -0.05) is 102 Å².